The van der Waals surface area contributed by atoms with Crippen molar-refractivity contribution in [2.24, 2.45) is 0 Å². The van der Waals surface area contributed by atoms with Gasteiger partial charge >= 0.3 is 5.97 Å². The number of rotatable bonds is 5. The minimum Gasteiger partial charge on any atom is -0.481 e. The summed E-state index contributed by atoms with van der Waals surface area (Å²) in [6.07, 6.45) is 0.116. The van der Waals surface area contributed by atoms with Gasteiger partial charge in [-0.25, -0.2) is 0 Å². The molecule has 0 bridgehead atoms. The second-order valence-electron chi connectivity index (χ2n) is 3.76. The number of hydrogen-bond acceptors (Lipinski definition) is 4. The number of carbonyl (C=O) groups is 1. The molecule has 1 N–H and O–H groups in total. The summed E-state index contributed by atoms with van der Waals surface area (Å²) < 4.78 is 0. The monoisotopic (exact) mass is 294 g/mol. The second kappa shape index (κ2) is 6.54. The van der Waals surface area contributed by atoms with Gasteiger partial charge in [-0.05, 0) is 24.3 Å². The highest BCUT2D eigenvalue weighted by atomic mass is 35.5. The second-order valence-corrected chi connectivity index (χ2v) is 5.31. The van der Waals surface area contributed by atoms with Crippen molar-refractivity contribution in [1.82, 2.24) is 10.2 Å². The van der Waals surface area contributed by atoms with Crippen molar-refractivity contribution < 1.29 is 9.90 Å². The number of carboxylic acid groups (broad SMARTS) is 1. The van der Waals surface area contributed by atoms with Gasteiger partial charge in [-0.1, -0.05) is 23.7 Å². The third-order valence-corrected chi connectivity index (χ3v) is 3.52. The highest BCUT2D eigenvalue weighted by molar-refractivity contribution is 7.99. The normalized spacial score (nSPS) is 10.4. The van der Waals surface area contributed by atoms with E-state index in [2.05, 4.69) is 10.2 Å². The number of thioether (sulfide) groups is 1. The predicted molar refractivity (Wildman–Crippen MR) is 75.5 cm³/mol. The lowest BCUT2D eigenvalue weighted by molar-refractivity contribution is -0.136. The zero-order valence-corrected chi connectivity index (χ0v) is 11.5. The first-order valence-electron chi connectivity index (χ1n) is 5.59. The van der Waals surface area contributed by atoms with Crippen LogP contribution < -0.4 is 0 Å². The van der Waals surface area contributed by atoms with Crippen LogP contribution in [0.2, 0.25) is 5.02 Å². The molecule has 0 aliphatic carbocycles. The van der Waals surface area contributed by atoms with E-state index in [9.17, 15) is 4.79 Å². The molecular formula is C13H11ClN2O2S. The molecule has 0 saturated heterocycles. The van der Waals surface area contributed by atoms with Gasteiger partial charge in [0, 0.05) is 16.3 Å². The molecule has 98 valence electrons. The van der Waals surface area contributed by atoms with E-state index in [1.54, 1.807) is 12.1 Å². The van der Waals surface area contributed by atoms with Crippen LogP contribution in [-0.4, -0.2) is 27.0 Å². The van der Waals surface area contributed by atoms with Crippen LogP contribution >= 0.6 is 23.4 Å². The van der Waals surface area contributed by atoms with Crippen LogP contribution in [0.1, 0.15) is 6.42 Å². The molecule has 0 spiro atoms. The Morgan fingerprint density at radius 2 is 1.89 bits per heavy atom. The summed E-state index contributed by atoms with van der Waals surface area (Å²) in [5, 5.41) is 18.1. The minimum absolute atomic E-state index is 0.116. The van der Waals surface area contributed by atoms with Crippen molar-refractivity contribution in [2.75, 3.05) is 5.75 Å². The van der Waals surface area contributed by atoms with E-state index in [0.29, 0.717) is 10.8 Å². The van der Waals surface area contributed by atoms with E-state index in [-0.39, 0.29) is 6.42 Å². The highest BCUT2D eigenvalue weighted by Gasteiger charge is 2.03. The molecule has 0 saturated carbocycles. The summed E-state index contributed by atoms with van der Waals surface area (Å²) in [4.78, 5) is 10.4. The number of carboxylic acids is 1. The van der Waals surface area contributed by atoms with Crippen LogP contribution in [0.15, 0.2) is 41.4 Å². The molecule has 0 radical (unpaired) electrons. The molecular weight excluding hydrogens is 284 g/mol. The number of aromatic nitrogens is 2. The summed E-state index contributed by atoms with van der Waals surface area (Å²) in [5.74, 6) is -0.317. The van der Waals surface area contributed by atoms with E-state index in [4.69, 9.17) is 16.7 Å². The molecule has 2 rings (SSSR count). The average molecular weight is 295 g/mol. The van der Waals surface area contributed by atoms with Crippen molar-refractivity contribution in [3.63, 3.8) is 0 Å². The predicted octanol–water partition coefficient (Wildman–Crippen LogP) is 3.36. The highest BCUT2D eigenvalue weighted by Crippen LogP contribution is 2.21. The summed E-state index contributed by atoms with van der Waals surface area (Å²) in [7, 11) is 0. The fourth-order valence-electron chi connectivity index (χ4n) is 1.41. The fraction of sp³-hybridized carbons (Fsp3) is 0.154. The average Bonchev–Trinajstić information content (AvgIpc) is 2.40. The summed E-state index contributed by atoms with van der Waals surface area (Å²) in [5.41, 5.74) is 1.71. The van der Waals surface area contributed by atoms with Gasteiger partial charge in [-0.15, -0.1) is 22.0 Å². The summed E-state index contributed by atoms with van der Waals surface area (Å²) in [6, 6.07) is 11.1. The van der Waals surface area contributed by atoms with Gasteiger partial charge in [0.2, 0.25) is 0 Å². The van der Waals surface area contributed by atoms with Crippen LogP contribution in [0.4, 0.5) is 0 Å². The number of benzene rings is 1. The van der Waals surface area contributed by atoms with E-state index in [1.807, 2.05) is 24.3 Å². The number of halogens is 1. The third kappa shape index (κ3) is 4.22. The largest absolute Gasteiger partial charge is 0.481 e. The zero-order valence-electron chi connectivity index (χ0n) is 9.91. The SMILES string of the molecule is O=C(O)CCSc1ccc(-c2ccc(Cl)cc2)nn1. The molecule has 0 fully saturated rings. The van der Waals surface area contributed by atoms with E-state index in [1.165, 1.54) is 11.8 Å². The Morgan fingerprint density at radius 1 is 1.16 bits per heavy atom. The first-order chi connectivity index (χ1) is 9.15. The van der Waals surface area contributed by atoms with Gasteiger partial charge in [-0.3, -0.25) is 4.79 Å². The number of aliphatic carboxylic acids is 1. The van der Waals surface area contributed by atoms with Crippen LogP contribution in [0.3, 0.4) is 0 Å². The van der Waals surface area contributed by atoms with Gasteiger partial charge < -0.3 is 5.11 Å². The Morgan fingerprint density at radius 3 is 2.47 bits per heavy atom. The molecule has 2 aromatic rings. The first-order valence-corrected chi connectivity index (χ1v) is 6.96. The van der Waals surface area contributed by atoms with E-state index >= 15 is 0 Å². The zero-order chi connectivity index (χ0) is 13.7. The molecule has 19 heavy (non-hydrogen) atoms. The topological polar surface area (TPSA) is 63.1 Å². The van der Waals surface area contributed by atoms with Crippen molar-refractivity contribution in [3.8, 4) is 11.3 Å². The molecule has 0 aliphatic rings. The van der Waals surface area contributed by atoms with Crippen molar-refractivity contribution in [2.45, 2.75) is 11.4 Å². The molecule has 6 heteroatoms. The lowest BCUT2D eigenvalue weighted by atomic mass is 10.1. The Labute approximate surface area is 119 Å². The molecule has 0 aliphatic heterocycles. The molecule has 1 heterocycles. The number of nitrogens with zero attached hydrogens (tertiary/aromatic N) is 2. The maximum Gasteiger partial charge on any atom is 0.304 e. The third-order valence-electron chi connectivity index (χ3n) is 2.35. The first kappa shape index (κ1) is 13.8. The Balaban J connectivity index is 2.02. The summed E-state index contributed by atoms with van der Waals surface area (Å²) >= 11 is 7.20. The maximum atomic E-state index is 10.4. The van der Waals surface area contributed by atoms with Crippen LogP contribution in [0, 0.1) is 0 Å². The smallest absolute Gasteiger partial charge is 0.304 e. The van der Waals surface area contributed by atoms with Gasteiger partial charge in [0.05, 0.1) is 12.1 Å². The van der Waals surface area contributed by atoms with Crippen molar-refractivity contribution in [1.29, 1.82) is 0 Å². The molecule has 1 aromatic heterocycles. The Bertz CT molecular complexity index is 558. The quantitative estimate of drug-likeness (QED) is 0.857. The van der Waals surface area contributed by atoms with Crippen LogP contribution in [0.25, 0.3) is 11.3 Å². The van der Waals surface area contributed by atoms with E-state index in [0.717, 1.165) is 16.3 Å². The fourth-order valence-corrected chi connectivity index (χ4v) is 2.29. The van der Waals surface area contributed by atoms with Gasteiger partial charge in [0.15, 0.2) is 0 Å². The van der Waals surface area contributed by atoms with Gasteiger partial charge in [-0.2, -0.15) is 0 Å². The maximum absolute atomic E-state index is 10.4. The Hall–Kier alpha value is -1.59. The van der Waals surface area contributed by atoms with E-state index < -0.39 is 5.97 Å². The van der Waals surface area contributed by atoms with Crippen LogP contribution in [-0.2, 0) is 4.79 Å². The van der Waals surface area contributed by atoms with Crippen molar-refractivity contribution >= 4 is 29.3 Å². The molecule has 0 unspecified atom stereocenters. The summed E-state index contributed by atoms with van der Waals surface area (Å²) in [6.45, 7) is 0. The lowest BCUT2D eigenvalue weighted by Gasteiger charge is -2.02. The lowest BCUT2D eigenvalue weighted by Crippen LogP contribution is -1.96. The van der Waals surface area contributed by atoms with Crippen molar-refractivity contribution in [3.05, 3.63) is 41.4 Å². The molecule has 0 atom stereocenters. The minimum atomic E-state index is -0.807. The van der Waals surface area contributed by atoms with Crippen LogP contribution in [0.5, 0.6) is 0 Å². The molecule has 4 nitrogen and oxygen atoms in total. The molecule has 1 aromatic carbocycles. The van der Waals surface area contributed by atoms with Gasteiger partial charge in [0.25, 0.3) is 0 Å². The standard InChI is InChI=1S/C13H11ClN2O2S/c14-10-3-1-9(2-4-10)11-5-6-12(16-15-11)19-8-7-13(17)18/h1-6H,7-8H2,(H,17,18). The molecule has 0 amide bonds. The Kier molecular flexibility index (Phi) is 4.76. The van der Waals surface area contributed by atoms with Gasteiger partial charge in [0.1, 0.15) is 5.03 Å². The number of hydrogen-bond donors (Lipinski definition) is 1.